The summed E-state index contributed by atoms with van der Waals surface area (Å²) in [5, 5.41) is 11.9. The molecule has 154 valence electrons. The zero-order chi connectivity index (χ0) is 19.4. The number of ether oxygens (including phenoxy) is 1. The number of hydrogen-bond donors (Lipinski definition) is 1. The first-order valence-electron chi connectivity index (χ1n) is 9.63. The van der Waals surface area contributed by atoms with Crippen LogP contribution in [0.1, 0.15) is 39.7 Å². The van der Waals surface area contributed by atoms with Crippen molar-refractivity contribution in [3.63, 3.8) is 0 Å². The molecule has 0 bridgehead atoms. The SMILES string of the molecule is C.C[C@@H](Oc1cc(-c2cnn(C3CC3)c2)cc2nn(C)c(F)c12)[C@H]1CNC(=O)C1. The first kappa shape index (κ1) is 19.4. The molecule has 7 nitrogen and oxygen atoms in total. The highest BCUT2D eigenvalue weighted by atomic mass is 19.1. The van der Waals surface area contributed by atoms with Gasteiger partial charge in [-0.2, -0.15) is 14.6 Å². The Bertz CT molecular complexity index is 1070. The van der Waals surface area contributed by atoms with Gasteiger partial charge < -0.3 is 10.1 Å². The van der Waals surface area contributed by atoms with Crippen LogP contribution in [-0.2, 0) is 11.8 Å². The molecule has 1 aliphatic heterocycles. The summed E-state index contributed by atoms with van der Waals surface area (Å²) >= 11 is 0. The van der Waals surface area contributed by atoms with E-state index in [9.17, 15) is 9.18 Å². The van der Waals surface area contributed by atoms with Gasteiger partial charge in [-0.25, -0.2) is 4.68 Å². The first-order valence-corrected chi connectivity index (χ1v) is 9.63. The zero-order valence-electron chi connectivity index (χ0n) is 15.9. The Hall–Kier alpha value is -2.90. The Labute approximate surface area is 168 Å². The Morgan fingerprint density at radius 1 is 1.31 bits per heavy atom. The van der Waals surface area contributed by atoms with Gasteiger partial charge in [0.25, 0.3) is 0 Å². The molecular formula is C21H26FN5O2. The molecule has 1 saturated carbocycles. The van der Waals surface area contributed by atoms with Crippen molar-refractivity contribution in [3.05, 3.63) is 30.5 Å². The number of hydrogen-bond acceptors (Lipinski definition) is 4. The minimum absolute atomic E-state index is 0. The molecular weight excluding hydrogens is 373 g/mol. The Kier molecular flexibility index (Phi) is 4.80. The topological polar surface area (TPSA) is 74.0 Å². The second kappa shape index (κ2) is 7.17. The molecule has 1 aliphatic carbocycles. The summed E-state index contributed by atoms with van der Waals surface area (Å²) < 4.78 is 24.1. The number of nitrogens with one attached hydrogen (secondary N) is 1. The summed E-state index contributed by atoms with van der Waals surface area (Å²) in [5.74, 6) is 0.102. The van der Waals surface area contributed by atoms with Gasteiger partial charge in [0.1, 0.15) is 11.9 Å². The Morgan fingerprint density at radius 3 is 2.79 bits per heavy atom. The maximum atomic E-state index is 14.7. The number of carbonyl (C=O) groups excluding carboxylic acids is 1. The van der Waals surface area contributed by atoms with Gasteiger partial charge in [0.15, 0.2) is 0 Å². The Balaban J connectivity index is 0.00000205. The lowest BCUT2D eigenvalue weighted by Gasteiger charge is -2.20. The first-order chi connectivity index (χ1) is 13.5. The van der Waals surface area contributed by atoms with Crippen LogP contribution in [0, 0.1) is 11.9 Å². The van der Waals surface area contributed by atoms with Crippen molar-refractivity contribution in [1.82, 2.24) is 24.9 Å². The second-order valence-corrected chi connectivity index (χ2v) is 7.81. The molecule has 5 rings (SSSR count). The summed E-state index contributed by atoms with van der Waals surface area (Å²) in [6.07, 6.45) is 6.35. The number of aryl methyl sites for hydroxylation is 1. The quantitative estimate of drug-likeness (QED) is 0.713. The van der Waals surface area contributed by atoms with Crippen molar-refractivity contribution in [1.29, 1.82) is 0 Å². The molecule has 1 aromatic carbocycles. The molecule has 0 unspecified atom stereocenters. The number of amides is 1. The molecule has 2 aromatic heterocycles. The van der Waals surface area contributed by atoms with E-state index in [0.29, 0.717) is 35.7 Å². The smallest absolute Gasteiger partial charge is 0.222 e. The molecule has 2 aliphatic rings. The molecule has 1 amide bonds. The fraction of sp³-hybridized carbons (Fsp3) is 0.476. The van der Waals surface area contributed by atoms with Crippen LogP contribution in [0.15, 0.2) is 24.5 Å². The summed E-state index contributed by atoms with van der Waals surface area (Å²) in [6.45, 7) is 2.50. The van der Waals surface area contributed by atoms with E-state index in [2.05, 4.69) is 15.5 Å². The van der Waals surface area contributed by atoms with Crippen molar-refractivity contribution in [2.45, 2.75) is 45.8 Å². The van der Waals surface area contributed by atoms with Crippen LogP contribution in [0.25, 0.3) is 22.0 Å². The van der Waals surface area contributed by atoms with Gasteiger partial charge in [0.2, 0.25) is 11.9 Å². The van der Waals surface area contributed by atoms with Gasteiger partial charge in [-0.15, -0.1) is 0 Å². The minimum atomic E-state index is -0.432. The van der Waals surface area contributed by atoms with E-state index in [1.807, 2.05) is 36.1 Å². The minimum Gasteiger partial charge on any atom is -0.489 e. The molecule has 1 saturated heterocycles. The lowest BCUT2D eigenvalue weighted by atomic mass is 10.0. The highest BCUT2D eigenvalue weighted by Gasteiger charge is 2.29. The van der Waals surface area contributed by atoms with Crippen LogP contribution in [0.4, 0.5) is 4.39 Å². The number of nitrogens with zero attached hydrogens (tertiary/aromatic N) is 4. The number of rotatable bonds is 5. The van der Waals surface area contributed by atoms with Crippen molar-refractivity contribution in [2.75, 3.05) is 6.54 Å². The van der Waals surface area contributed by atoms with Crippen LogP contribution in [-0.4, -0.2) is 38.1 Å². The van der Waals surface area contributed by atoms with Crippen LogP contribution in [0.3, 0.4) is 0 Å². The summed E-state index contributed by atoms with van der Waals surface area (Å²) in [4.78, 5) is 11.5. The van der Waals surface area contributed by atoms with E-state index in [1.54, 1.807) is 7.05 Å². The number of halogens is 1. The van der Waals surface area contributed by atoms with Gasteiger partial charge in [-0.3, -0.25) is 9.48 Å². The van der Waals surface area contributed by atoms with Crippen molar-refractivity contribution < 1.29 is 13.9 Å². The van der Waals surface area contributed by atoms with Crippen LogP contribution >= 0.6 is 0 Å². The average molecular weight is 399 g/mol. The highest BCUT2D eigenvalue weighted by molar-refractivity contribution is 5.90. The predicted octanol–water partition coefficient (Wildman–Crippen LogP) is 3.45. The molecule has 1 N–H and O–H groups in total. The fourth-order valence-electron chi connectivity index (χ4n) is 3.80. The van der Waals surface area contributed by atoms with Gasteiger partial charge in [0, 0.05) is 37.7 Å². The second-order valence-electron chi connectivity index (χ2n) is 7.81. The number of aromatic nitrogens is 4. The molecule has 8 heteroatoms. The zero-order valence-corrected chi connectivity index (χ0v) is 15.9. The number of benzene rings is 1. The van der Waals surface area contributed by atoms with Gasteiger partial charge in [0.05, 0.1) is 23.1 Å². The lowest BCUT2D eigenvalue weighted by molar-refractivity contribution is -0.119. The molecule has 0 radical (unpaired) electrons. The molecule has 3 aromatic rings. The number of fused-ring (bicyclic) bond motifs is 1. The fourth-order valence-corrected chi connectivity index (χ4v) is 3.80. The normalized spacial score (nSPS) is 19.8. The predicted molar refractivity (Wildman–Crippen MR) is 108 cm³/mol. The molecule has 3 heterocycles. The average Bonchev–Trinajstić information content (AvgIpc) is 3.09. The van der Waals surface area contributed by atoms with E-state index >= 15 is 0 Å². The van der Waals surface area contributed by atoms with Gasteiger partial charge in [-0.1, -0.05) is 7.43 Å². The monoisotopic (exact) mass is 399 g/mol. The van der Waals surface area contributed by atoms with E-state index in [1.165, 1.54) is 4.68 Å². The Morgan fingerprint density at radius 2 is 2.10 bits per heavy atom. The summed E-state index contributed by atoms with van der Waals surface area (Å²) in [5.41, 5.74) is 2.38. The standard InChI is InChI=1S/C20H22FN5O2.CH4/c1-11(13-7-18(27)22-8-13)28-17-6-12(5-16-19(17)20(21)25(2)24-16)14-9-23-26(10-14)15-3-4-15;/h5-6,9-11,13,15H,3-4,7-8H2,1-2H3,(H,22,27);1H4/t11-,13-;/m1./s1. The third-order valence-electron chi connectivity index (χ3n) is 5.67. The lowest BCUT2D eigenvalue weighted by Crippen LogP contribution is -2.25. The number of carbonyl (C=O) groups is 1. The molecule has 0 spiro atoms. The molecule has 2 atom stereocenters. The van der Waals surface area contributed by atoms with Gasteiger partial charge >= 0.3 is 0 Å². The van der Waals surface area contributed by atoms with E-state index in [-0.39, 0.29) is 25.4 Å². The van der Waals surface area contributed by atoms with Crippen molar-refractivity contribution in [3.8, 4) is 16.9 Å². The van der Waals surface area contributed by atoms with Crippen molar-refractivity contribution in [2.24, 2.45) is 13.0 Å². The van der Waals surface area contributed by atoms with E-state index < -0.39 is 5.95 Å². The third kappa shape index (κ3) is 3.47. The molecule has 29 heavy (non-hydrogen) atoms. The molecule has 2 fully saturated rings. The van der Waals surface area contributed by atoms with Crippen LogP contribution in [0.2, 0.25) is 0 Å². The maximum absolute atomic E-state index is 14.7. The maximum Gasteiger partial charge on any atom is 0.222 e. The highest BCUT2D eigenvalue weighted by Crippen LogP contribution is 2.38. The van der Waals surface area contributed by atoms with Gasteiger partial charge in [-0.05, 0) is 37.5 Å². The van der Waals surface area contributed by atoms with Crippen LogP contribution in [0.5, 0.6) is 5.75 Å². The summed E-state index contributed by atoms with van der Waals surface area (Å²) in [7, 11) is 1.58. The van der Waals surface area contributed by atoms with E-state index in [4.69, 9.17) is 4.74 Å². The largest absolute Gasteiger partial charge is 0.489 e. The van der Waals surface area contributed by atoms with Crippen LogP contribution < -0.4 is 10.1 Å². The van der Waals surface area contributed by atoms with E-state index in [0.717, 1.165) is 24.0 Å². The summed E-state index contributed by atoms with van der Waals surface area (Å²) in [6, 6.07) is 4.21. The van der Waals surface area contributed by atoms with Crippen molar-refractivity contribution >= 4 is 16.8 Å². The third-order valence-corrected chi connectivity index (χ3v) is 5.67.